The van der Waals surface area contributed by atoms with Crippen LogP contribution in [0, 0.1) is 0 Å². The molecule has 0 aliphatic carbocycles. The van der Waals surface area contributed by atoms with Crippen LogP contribution in [0.1, 0.15) is 5.56 Å². The number of fused-ring (bicyclic) bond motifs is 1. The molecule has 1 aliphatic rings. The van der Waals surface area contributed by atoms with E-state index in [4.69, 9.17) is 0 Å². The lowest BCUT2D eigenvalue weighted by Gasteiger charge is -2.33. The molecule has 1 amide bonds. The van der Waals surface area contributed by atoms with Crippen LogP contribution in [0.15, 0.2) is 79.0 Å². The first-order valence-electron chi connectivity index (χ1n) is 11.5. The Balaban J connectivity index is 1.26. The number of likely N-dealkylation sites (N-methyl/N-ethyl adjacent to an activating group) is 1. The number of pyridine rings is 1. The van der Waals surface area contributed by atoms with Gasteiger partial charge in [-0.25, -0.2) is 4.98 Å². The number of carbonyl (C=O) groups is 1. The van der Waals surface area contributed by atoms with Crippen molar-refractivity contribution >= 4 is 22.6 Å². The van der Waals surface area contributed by atoms with E-state index in [1.54, 1.807) is 0 Å². The maximum atomic E-state index is 12.9. The van der Waals surface area contributed by atoms with Crippen LogP contribution >= 0.6 is 0 Å². The second kappa shape index (κ2) is 9.46. The Morgan fingerprint density at radius 1 is 0.939 bits per heavy atom. The number of aromatic nitrogens is 2. The quantitative estimate of drug-likeness (QED) is 0.497. The summed E-state index contributed by atoms with van der Waals surface area (Å²) >= 11 is 0. The summed E-state index contributed by atoms with van der Waals surface area (Å²) in [5, 5.41) is 4.20. The van der Waals surface area contributed by atoms with E-state index < -0.39 is 0 Å². The van der Waals surface area contributed by atoms with Crippen molar-refractivity contribution in [3.05, 3.63) is 84.6 Å². The van der Waals surface area contributed by atoms with Crippen LogP contribution in [0.2, 0.25) is 0 Å². The van der Waals surface area contributed by atoms with Gasteiger partial charge in [-0.3, -0.25) is 4.79 Å². The summed E-state index contributed by atoms with van der Waals surface area (Å²) in [6.45, 7) is 4.83. The zero-order valence-corrected chi connectivity index (χ0v) is 18.9. The van der Waals surface area contributed by atoms with Crippen molar-refractivity contribution in [2.24, 2.45) is 0 Å². The highest BCUT2D eigenvalue weighted by molar-refractivity contribution is 5.89. The molecule has 0 bridgehead atoms. The summed E-state index contributed by atoms with van der Waals surface area (Å²) in [6, 6.07) is 24.7. The third-order valence-electron chi connectivity index (χ3n) is 6.31. The fourth-order valence-electron chi connectivity index (χ4n) is 4.37. The standard InChI is InChI=1S/C27H29N5O/c1-30-13-15-31(16-14-30)26-12-11-21(18-28-26)19-29-27(33)20-32-24-10-6-5-9-23(24)17-25(32)22-7-3-2-4-8-22/h2-12,17-18H,13-16,19-20H2,1H3,(H,29,33). The zero-order valence-electron chi connectivity index (χ0n) is 18.9. The number of para-hydroxylation sites is 1. The molecule has 6 heteroatoms. The topological polar surface area (TPSA) is 53.4 Å². The number of anilines is 1. The van der Waals surface area contributed by atoms with Gasteiger partial charge in [-0.2, -0.15) is 0 Å². The molecule has 4 aromatic rings. The van der Waals surface area contributed by atoms with E-state index >= 15 is 0 Å². The van der Waals surface area contributed by atoms with Crippen LogP contribution < -0.4 is 10.2 Å². The zero-order chi connectivity index (χ0) is 22.6. The molecule has 0 unspecified atom stereocenters. The van der Waals surface area contributed by atoms with E-state index in [9.17, 15) is 4.79 Å². The highest BCUT2D eigenvalue weighted by atomic mass is 16.1. The van der Waals surface area contributed by atoms with Gasteiger partial charge in [-0.15, -0.1) is 0 Å². The Morgan fingerprint density at radius 3 is 2.45 bits per heavy atom. The number of piperazine rings is 1. The summed E-state index contributed by atoms with van der Waals surface area (Å²) < 4.78 is 2.09. The minimum atomic E-state index is -0.0170. The number of amides is 1. The number of carbonyl (C=O) groups excluding carboxylic acids is 1. The van der Waals surface area contributed by atoms with Crippen LogP contribution in [0.25, 0.3) is 22.2 Å². The van der Waals surface area contributed by atoms with Crippen LogP contribution in [0.4, 0.5) is 5.82 Å². The summed E-state index contributed by atoms with van der Waals surface area (Å²) in [5.41, 5.74) is 4.21. The van der Waals surface area contributed by atoms with Gasteiger partial charge in [-0.05, 0) is 36.4 Å². The Morgan fingerprint density at radius 2 is 1.70 bits per heavy atom. The van der Waals surface area contributed by atoms with E-state index in [1.165, 1.54) is 0 Å². The Bertz CT molecular complexity index is 1220. The second-order valence-electron chi connectivity index (χ2n) is 8.63. The van der Waals surface area contributed by atoms with Crippen molar-refractivity contribution in [3.8, 4) is 11.3 Å². The van der Waals surface area contributed by atoms with Crippen molar-refractivity contribution in [1.82, 2.24) is 19.8 Å². The van der Waals surface area contributed by atoms with Gasteiger partial charge in [0.2, 0.25) is 5.91 Å². The van der Waals surface area contributed by atoms with Gasteiger partial charge in [-0.1, -0.05) is 54.6 Å². The lowest BCUT2D eigenvalue weighted by Crippen LogP contribution is -2.44. The second-order valence-corrected chi connectivity index (χ2v) is 8.63. The van der Waals surface area contributed by atoms with Gasteiger partial charge in [0.1, 0.15) is 12.4 Å². The fraction of sp³-hybridized carbons (Fsp3) is 0.259. The molecule has 1 fully saturated rings. The molecule has 5 rings (SSSR count). The van der Waals surface area contributed by atoms with Gasteiger partial charge < -0.3 is 19.7 Å². The summed E-state index contributed by atoms with van der Waals surface area (Å²) in [6.07, 6.45) is 1.87. The fourth-order valence-corrected chi connectivity index (χ4v) is 4.37. The number of benzene rings is 2. The Labute approximate surface area is 194 Å². The molecule has 0 atom stereocenters. The summed E-state index contributed by atoms with van der Waals surface area (Å²) in [4.78, 5) is 22.2. The third kappa shape index (κ3) is 4.76. The third-order valence-corrected chi connectivity index (χ3v) is 6.31. The lowest BCUT2D eigenvalue weighted by atomic mass is 10.1. The number of hydrogen-bond acceptors (Lipinski definition) is 4. The molecular weight excluding hydrogens is 410 g/mol. The number of nitrogens with zero attached hydrogens (tertiary/aromatic N) is 4. The largest absolute Gasteiger partial charge is 0.354 e. The van der Waals surface area contributed by atoms with E-state index in [1.807, 2.05) is 36.5 Å². The number of nitrogens with one attached hydrogen (secondary N) is 1. The predicted molar refractivity (Wildman–Crippen MR) is 133 cm³/mol. The minimum absolute atomic E-state index is 0.0170. The Kier molecular flexibility index (Phi) is 6.09. The molecule has 1 aliphatic heterocycles. The van der Waals surface area contributed by atoms with Gasteiger partial charge in [0.15, 0.2) is 0 Å². The molecule has 3 heterocycles. The SMILES string of the molecule is CN1CCN(c2ccc(CNC(=O)Cn3c(-c4ccccc4)cc4ccccc43)cn2)CC1. The monoisotopic (exact) mass is 439 g/mol. The van der Waals surface area contributed by atoms with Crippen LogP contribution in [-0.4, -0.2) is 53.6 Å². The van der Waals surface area contributed by atoms with Gasteiger partial charge in [0, 0.05) is 55.5 Å². The first-order valence-corrected chi connectivity index (χ1v) is 11.5. The van der Waals surface area contributed by atoms with Crippen molar-refractivity contribution in [3.63, 3.8) is 0 Å². The highest BCUT2D eigenvalue weighted by Crippen LogP contribution is 2.28. The Hall–Kier alpha value is -3.64. The van der Waals surface area contributed by atoms with E-state index in [0.29, 0.717) is 6.54 Å². The molecule has 0 radical (unpaired) electrons. The van der Waals surface area contributed by atoms with Crippen LogP contribution in [0.5, 0.6) is 0 Å². The van der Waals surface area contributed by atoms with Gasteiger partial charge in [0.25, 0.3) is 0 Å². The van der Waals surface area contributed by atoms with Crippen LogP contribution in [-0.2, 0) is 17.9 Å². The summed E-state index contributed by atoms with van der Waals surface area (Å²) in [5.74, 6) is 0.987. The van der Waals surface area contributed by atoms with Gasteiger partial charge in [0.05, 0.1) is 0 Å². The maximum Gasteiger partial charge on any atom is 0.240 e. The number of rotatable bonds is 6. The normalized spacial score (nSPS) is 14.5. The molecule has 1 saturated heterocycles. The summed E-state index contributed by atoms with van der Waals surface area (Å²) in [7, 11) is 2.15. The molecule has 0 saturated carbocycles. The molecule has 0 spiro atoms. The van der Waals surface area contributed by atoms with Crippen LogP contribution in [0.3, 0.4) is 0 Å². The van der Waals surface area contributed by atoms with Crippen molar-refractivity contribution in [2.75, 3.05) is 38.1 Å². The van der Waals surface area contributed by atoms with Gasteiger partial charge >= 0.3 is 0 Å². The molecule has 6 nitrogen and oxygen atoms in total. The lowest BCUT2D eigenvalue weighted by molar-refractivity contribution is -0.121. The maximum absolute atomic E-state index is 12.9. The molecule has 168 valence electrons. The first-order chi connectivity index (χ1) is 16.2. The molecule has 2 aromatic carbocycles. The average molecular weight is 440 g/mol. The van der Waals surface area contributed by atoms with Crippen molar-refractivity contribution < 1.29 is 4.79 Å². The smallest absolute Gasteiger partial charge is 0.240 e. The molecule has 2 aromatic heterocycles. The highest BCUT2D eigenvalue weighted by Gasteiger charge is 2.16. The molecule has 33 heavy (non-hydrogen) atoms. The molecule has 1 N–H and O–H groups in total. The van der Waals surface area contributed by atoms with Crippen molar-refractivity contribution in [2.45, 2.75) is 13.1 Å². The van der Waals surface area contributed by atoms with E-state index in [0.717, 1.165) is 59.7 Å². The first kappa shape index (κ1) is 21.2. The minimum Gasteiger partial charge on any atom is -0.354 e. The van der Waals surface area contributed by atoms with E-state index in [-0.39, 0.29) is 12.5 Å². The predicted octanol–water partition coefficient (Wildman–Crippen LogP) is 3.77. The number of hydrogen-bond donors (Lipinski definition) is 1. The average Bonchev–Trinajstić information content (AvgIpc) is 3.22. The molecular formula is C27H29N5O. The van der Waals surface area contributed by atoms with Crippen molar-refractivity contribution in [1.29, 1.82) is 0 Å². The van der Waals surface area contributed by atoms with E-state index in [2.05, 4.69) is 74.2 Å².